The Bertz CT molecular complexity index is 1450. The first-order chi connectivity index (χ1) is 27.3. The van der Waals surface area contributed by atoms with Crippen LogP contribution in [0.3, 0.4) is 0 Å². The largest absolute Gasteiger partial charge is 0.463 e. The molecule has 0 aromatic carbocycles. The predicted molar refractivity (Wildman–Crippen MR) is 204 cm³/mol. The van der Waals surface area contributed by atoms with Crippen LogP contribution in [0.25, 0.3) is 0 Å². The van der Waals surface area contributed by atoms with Gasteiger partial charge >= 0.3 is 41.8 Å². The summed E-state index contributed by atoms with van der Waals surface area (Å²) < 4.78 is 66.3. The Morgan fingerprint density at radius 1 is 0.492 bits per heavy atom. The van der Waals surface area contributed by atoms with Crippen LogP contribution in [0, 0.1) is 35.5 Å². The Balaban J connectivity index is 3.04. The number of carbonyl (C=O) groups is 7. The van der Waals surface area contributed by atoms with Gasteiger partial charge in [-0.05, 0) is 13.8 Å². The molecule has 0 aliphatic carbocycles. The maximum atomic E-state index is 13.5. The molecule has 2 aliphatic rings. The highest BCUT2D eigenvalue weighted by Crippen LogP contribution is 2.42. The van der Waals surface area contributed by atoms with Crippen molar-refractivity contribution in [3.8, 4) is 0 Å². The van der Waals surface area contributed by atoms with Gasteiger partial charge in [0.05, 0.1) is 48.2 Å². The van der Waals surface area contributed by atoms with Crippen molar-refractivity contribution in [3.63, 3.8) is 0 Å². The smallest absolute Gasteiger partial charge is 0.308 e. The van der Waals surface area contributed by atoms with Gasteiger partial charge in [-0.2, -0.15) is 0 Å². The molecule has 18 heteroatoms. The highest BCUT2D eigenvalue weighted by atomic mass is 16.8. The first-order valence-electron chi connectivity index (χ1n) is 20.3. The number of hydrogen-bond donors (Lipinski definition) is 0. The zero-order valence-corrected chi connectivity index (χ0v) is 37.1. The van der Waals surface area contributed by atoms with Gasteiger partial charge in [0.15, 0.2) is 30.5 Å². The molecule has 59 heavy (non-hydrogen) atoms. The van der Waals surface area contributed by atoms with E-state index in [1.807, 2.05) is 0 Å². The monoisotopic (exact) mass is 846 g/mol. The molecular weight excluding hydrogens is 780 g/mol. The van der Waals surface area contributed by atoms with Crippen molar-refractivity contribution in [2.45, 2.75) is 165 Å². The zero-order valence-electron chi connectivity index (χ0n) is 37.1. The molecule has 0 amide bonds. The van der Waals surface area contributed by atoms with Crippen LogP contribution >= 0.6 is 0 Å². The molecule has 0 aromatic rings. The van der Waals surface area contributed by atoms with E-state index in [4.69, 9.17) is 52.1 Å². The zero-order chi connectivity index (χ0) is 45.1. The van der Waals surface area contributed by atoms with Gasteiger partial charge in [-0.25, -0.2) is 0 Å². The summed E-state index contributed by atoms with van der Waals surface area (Å²) >= 11 is 0. The third-order valence-electron chi connectivity index (χ3n) is 8.90. The molecule has 0 spiro atoms. The van der Waals surface area contributed by atoms with Gasteiger partial charge in [0.1, 0.15) is 25.4 Å². The van der Waals surface area contributed by atoms with E-state index in [2.05, 4.69) is 0 Å². The highest BCUT2D eigenvalue weighted by Gasteiger charge is 2.65. The third-order valence-corrected chi connectivity index (χ3v) is 8.90. The van der Waals surface area contributed by atoms with Gasteiger partial charge in [-0.15, -0.1) is 0 Å². The van der Waals surface area contributed by atoms with Crippen molar-refractivity contribution in [1.82, 2.24) is 0 Å². The molecule has 0 saturated carbocycles. The molecule has 0 aromatic heterocycles. The Labute approximate surface area is 347 Å². The normalized spacial score (nSPS) is 27.0. The summed E-state index contributed by atoms with van der Waals surface area (Å²) in [5.41, 5.74) is 0. The molecule has 2 rings (SSSR count). The number of ether oxygens (including phenoxy) is 11. The topological polar surface area (TPSA) is 221 Å². The number of rotatable bonds is 20. The highest BCUT2D eigenvalue weighted by molar-refractivity contribution is 5.75. The van der Waals surface area contributed by atoms with E-state index in [1.165, 1.54) is 13.8 Å². The lowest BCUT2D eigenvalue weighted by atomic mass is 9.97. The predicted octanol–water partition coefficient (Wildman–Crippen LogP) is 3.85. The molecule has 18 nitrogen and oxygen atoms in total. The standard InChI is InChI=1S/C41H66O18/c1-19(2)34(43)51-18-41(33(57-39(48)24(11)12)30(54-36(45)21(5)6)28(58-41)17-49-25(13)14)59-40-32(56-38(47)23(9)10)31(55-37(46)22(7)8)29(53-35(44)20(3)4)27(52-40)16-50-26(15)42/h19-25,27-33,40H,16-18H2,1-15H3/t27-,28-,29-,30-,31+,32-,33+,40-,41+/m1/s1. The summed E-state index contributed by atoms with van der Waals surface area (Å²) in [6.45, 7) is 21.7. The summed E-state index contributed by atoms with van der Waals surface area (Å²) in [6, 6.07) is 0. The van der Waals surface area contributed by atoms with Crippen molar-refractivity contribution >= 4 is 41.8 Å². The number of hydrogen-bond acceptors (Lipinski definition) is 18. The van der Waals surface area contributed by atoms with Crippen molar-refractivity contribution in [3.05, 3.63) is 0 Å². The molecule has 2 aliphatic heterocycles. The lowest BCUT2D eigenvalue weighted by Gasteiger charge is -2.47. The lowest BCUT2D eigenvalue weighted by Crippen LogP contribution is -2.66. The van der Waals surface area contributed by atoms with Gasteiger partial charge in [0.25, 0.3) is 0 Å². The maximum Gasteiger partial charge on any atom is 0.308 e. The number of esters is 7. The van der Waals surface area contributed by atoms with Gasteiger partial charge in [0, 0.05) is 6.92 Å². The SMILES string of the molecule is CC(=O)OC[C@H]1O[C@H](O[C@]2(COC(=O)C(C)C)O[C@H](COC(C)C)[C@@H](OC(=O)C(C)C)[C@@H]2OC(=O)C(C)C)[C@H](OC(=O)C(C)C)[C@@H](OC(=O)C(C)C)[C@@H]1OC(=O)C(C)C. The van der Waals surface area contributed by atoms with Crippen LogP contribution in [0.5, 0.6) is 0 Å². The van der Waals surface area contributed by atoms with E-state index in [0.717, 1.165) is 6.92 Å². The average molecular weight is 847 g/mol. The fourth-order valence-electron chi connectivity index (χ4n) is 5.38. The van der Waals surface area contributed by atoms with Crippen LogP contribution in [0.4, 0.5) is 0 Å². The van der Waals surface area contributed by atoms with Gasteiger partial charge in [-0.1, -0.05) is 83.1 Å². The second-order valence-electron chi connectivity index (χ2n) is 16.8. The fourth-order valence-corrected chi connectivity index (χ4v) is 5.38. The van der Waals surface area contributed by atoms with E-state index >= 15 is 0 Å². The molecule has 0 bridgehead atoms. The molecule has 2 fully saturated rings. The lowest BCUT2D eigenvalue weighted by molar-refractivity contribution is -0.385. The molecule has 0 unspecified atom stereocenters. The van der Waals surface area contributed by atoms with Crippen LogP contribution in [0.1, 0.15) is 104 Å². The van der Waals surface area contributed by atoms with E-state index in [1.54, 1.807) is 83.1 Å². The molecule has 2 heterocycles. The van der Waals surface area contributed by atoms with E-state index < -0.39 is 145 Å². The van der Waals surface area contributed by atoms with Crippen molar-refractivity contribution in [2.75, 3.05) is 19.8 Å². The van der Waals surface area contributed by atoms with E-state index in [9.17, 15) is 33.6 Å². The van der Waals surface area contributed by atoms with Crippen LogP contribution in [-0.4, -0.2) is 123 Å². The minimum Gasteiger partial charge on any atom is -0.463 e. The fraction of sp³-hybridized carbons (Fsp3) is 0.829. The van der Waals surface area contributed by atoms with E-state index in [-0.39, 0.29) is 12.7 Å². The summed E-state index contributed by atoms with van der Waals surface area (Å²) in [7, 11) is 0. The molecule has 2 saturated heterocycles. The Kier molecular flexibility index (Phi) is 19.7. The third kappa shape index (κ3) is 14.7. The summed E-state index contributed by atoms with van der Waals surface area (Å²) in [4.78, 5) is 92.2. The first-order valence-corrected chi connectivity index (χ1v) is 20.3. The van der Waals surface area contributed by atoms with Crippen LogP contribution < -0.4 is 0 Å². The van der Waals surface area contributed by atoms with Crippen LogP contribution in [-0.2, 0) is 85.7 Å². The van der Waals surface area contributed by atoms with Crippen LogP contribution in [0.2, 0.25) is 0 Å². The Hall–Kier alpha value is -3.87. The van der Waals surface area contributed by atoms with Crippen molar-refractivity contribution in [2.24, 2.45) is 35.5 Å². The molecule has 338 valence electrons. The summed E-state index contributed by atoms with van der Waals surface area (Å²) in [5.74, 6) is -12.1. The molecular formula is C41H66O18. The van der Waals surface area contributed by atoms with Gasteiger partial charge < -0.3 is 52.1 Å². The first kappa shape index (κ1) is 51.3. The summed E-state index contributed by atoms with van der Waals surface area (Å²) in [5, 5.41) is 0. The average Bonchev–Trinajstić information content (AvgIpc) is 3.40. The van der Waals surface area contributed by atoms with Crippen molar-refractivity contribution in [1.29, 1.82) is 0 Å². The second kappa shape index (κ2) is 22.7. The van der Waals surface area contributed by atoms with Crippen LogP contribution in [0.15, 0.2) is 0 Å². The Morgan fingerprint density at radius 2 is 0.915 bits per heavy atom. The second-order valence-corrected chi connectivity index (χ2v) is 16.8. The van der Waals surface area contributed by atoms with Gasteiger partial charge in [0.2, 0.25) is 12.1 Å². The Morgan fingerprint density at radius 3 is 1.36 bits per heavy atom. The molecule has 0 radical (unpaired) electrons. The molecule has 9 atom stereocenters. The summed E-state index contributed by atoms with van der Waals surface area (Å²) in [6.07, 6.45) is -13.2. The maximum absolute atomic E-state index is 13.5. The quantitative estimate of drug-likeness (QED) is 0.125. The van der Waals surface area contributed by atoms with Gasteiger partial charge in [-0.3, -0.25) is 33.6 Å². The minimum absolute atomic E-state index is 0.249. The molecule has 0 N–H and O–H groups in total. The minimum atomic E-state index is -2.44. The number of carbonyl (C=O) groups excluding carboxylic acids is 7. The van der Waals surface area contributed by atoms with E-state index in [0.29, 0.717) is 0 Å². The van der Waals surface area contributed by atoms with Crippen molar-refractivity contribution < 1.29 is 85.7 Å².